The molecule has 0 aliphatic rings. The van der Waals surface area contributed by atoms with Crippen molar-refractivity contribution in [3.05, 3.63) is 35.4 Å². The summed E-state index contributed by atoms with van der Waals surface area (Å²) in [5.74, 6) is -2.57. The molecule has 0 aromatic heterocycles. The highest BCUT2D eigenvalue weighted by Crippen LogP contribution is 2.43. The van der Waals surface area contributed by atoms with Gasteiger partial charge < -0.3 is 0 Å². The van der Waals surface area contributed by atoms with Crippen molar-refractivity contribution >= 4 is 0 Å². The molecule has 0 nitrogen and oxygen atoms in total. The molecule has 0 bridgehead atoms. The molecule has 0 aliphatic carbocycles. The molecule has 0 unspecified atom stereocenters. The van der Waals surface area contributed by atoms with Crippen molar-refractivity contribution in [3.8, 4) is 12.3 Å². The lowest BCUT2D eigenvalue weighted by Gasteiger charge is -2.19. The SMILES string of the molecule is C#CCc1ccc(C(F)(F)C(F)(F)F)cc1. The minimum atomic E-state index is -5.58. The van der Waals surface area contributed by atoms with Gasteiger partial charge in [0.05, 0.1) is 0 Å². The quantitative estimate of drug-likeness (QED) is 0.542. The number of rotatable bonds is 2. The van der Waals surface area contributed by atoms with E-state index in [1.807, 2.05) is 0 Å². The van der Waals surface area contributed by atoms with Gasteiger partial charge in [0.2, 0.25) is 0 Å². The maximum absolute atomic E-state index is 12.8. The molecule has 0 heterocycles. The third kappa shape index (κ3) is 2.32. The Labute approximate surface area is 89.1 Å². The summed E-state index contributed by atoms with van der Waals surface area (Å²) in [5.41, 5.74) is -0.565. The van der Waals surface area contributed by atoms with Gasteiger partial charge in [0, 0.05) is 12.0 Å². The van der Waals surface area contributed by atoms with Crippen molar-refractivity contribution in [2.45, 2.75) is 18.5 Å². The first-order valence-electron chi connectivity index (χ1n) is 4.26. The average Bonchev–Trinajstić information content (AvgIpc) is 2.17. The summed E-state index contributed by atoms with van der Waals surface area (Å²) in [5, 5.41) is 0. The zero-order valence-electron chi connectivity index (χ0n) is 7.98. The number of alkyl halides is 5. The Balaban J connectivity index is 3.03. The first-order chi connectivity index (χ1) is 7.29. The van der Waals surface area contributed by atoms with Crippen LogP contribution in [0.3, 0.4) is 0 Å². The van der Waals surface area contributed by atoms with Crippen molar-refractivity contribution in [3.63, 3.8) is 0 Å². The van der Waals surface area contributed by atoms with Crippen molar-refractivity contribution in [1.82, 2.24) is 0 Å². The van der Waals surface area contributed by atoms with Gasteiger partial charge in [-0.3, -0.25) is 0 Å². The van der Waals surface area contributed by atoms with Crippen LogP contribution in [0.5, 0.6) is 0 Å². The summed E-state index contributed by atoms with van der Waals surface area (Å²) in [7, 11) is 0. The Morgan fingerprint density at radius 3 is 1.88 bits per heavy atom. The number of halogens is 5. The van der Waals surface area contributed by atoms with Crippen LogP contribution >= 0.6 is 0 Å². The molecule has 0 spiro atoms. The van der Waals surface area contributed by atoms with E-state index in [-0.39, 0.29) is 6.42 Å². The van der Waals surface area contributed by atoms with Crippen molar-refractivity contribution < 1.29 is 22.0 Å². The van der Waals surface area contributed by atoms with E-state index in [9.17, 15) is 22.0 Å². The van der Waals surface area contributed by atoms with E-state index < -0.39 is 17.7 Å². The number of hydrogen-bond donors (Lipinski definition) is 0. The average molecular weight is 234 g/mol. The van der Waals surface area contributed by atoms with Gasteiger partial charge in [-0.1, -0.05) is 24.3 Å². The zero-order chi connectivity index (χ0) is 12.4. The Bertz CT molecular complexity index is 394. The lowest BCUT2D eigenvalue weighted by molar-refractivity contribution is -0.289. The molecule has 0 radical (unpaired) electrons. The van der Waals surface area contributed by atoms with E-state index in [1.165, 1.54) is 0 Å². The van der Waals surface area contributed by atoms with Crippen LogP contribution in [0.2, 0.25) is 0 Å². The van der Waals surface area contributed by atoms with Crippen LogP contribution in [-0.2, 0) is 12.3 Å². The maximum atomic E-state index is 12.8. The highest BCUT2D eigenvalue weighted by molar-refractivity contribution is 5.28. The van der Waals surface area contributed by atoms with Gasteiger partial charge >= 0.3 is 12.1 Å². The Kier molecular flexibility index (Phi) is 3.22. The molecular formula is C11H7F5. The van der Waals surface area contributed by atoms with Crippen molar-refractivity contribution in [2.24, 2.45) is 0 Å². The second kappa shape index (κ2) is 4.12. The van der Waals surface area contributed by atoms with Crippen LogP contribution in [-0.4, -0.2) is 6.18 Å². The summed E-state index contributed by atoms with van der Waals surface area (Å²) in [6.45, 7) is 0. The Morgan fingerprint density at radius 2 is 1.50 bits per heavy atom. The predicted octanol–water partition coefficient (Wildman–Crippen LogP) is 3.52. The van der Waals surface area contributed by atoms with Crippen LogP contribution in [0.1, 0.15) is 11.1 Å². The van der Waals surface area contributed by atoms with Crippen LogP contribution in [0, 0.1) is 12.3 Å². The molecule has 1 rings (SSSR count). The van der Waals surface area contributed by atoms with Gasteiger partial charge in [0.15, 0.2) is 0 Å². The standard InChI is InChI=1S/C11H7F5/c1-2-3-8-4-6-9(7-5-8)10(12,13)11(14,15)16/h1,4-7H,3H2. The largest absolute Gasteiger partial charge is 0.458 e. The molecule has 0 saturated carbocycles. The smallest absolute Gasteiger partial charge is 0.191 e. The second-order valence-corrected chi connectivity index (χ2v) is 3.15. The van der Waals surface area contributed by atoms with Crippen molar-refractivity contribution in [1.29, 1.82) is 0 Å². The fourth-order valence-corrected chi connectivity index (χ4v) is 1.11. The summed E-state index contributed by atoms with van der Waals surface area (Å²) in [6.07, 6.45) is -0.415. The lowest BCUT2D eigenvalue weighted by atomic mass is 10.0. The lowest BCUT2D eigenvalue weighted by Crippen LogP contribution is -2.33. The van der Waals surface area contributed by atoms with E-state index in [2.05, 4.69) is 5.92 Å². The maximum Gasteiger partial charge on any atom is 0.458 e. The fourth-order valence-electron chi connectivity index (χ4n) is 1.11. The molecule has 86 valence electrons. The third-order valence-corrected chi connectivity index (χ3v) is 1.98. The Hall–Kier alpha value is -1.57. The molecule has 0 N–H and O–H groups in total. The number of hydrogen-bond acceptors (Lipinski definition) is 0. The minimum Gasteiger partial charge on any atom is -0.191 e. The summed E-state index contributed by atoms with van der Waals surface area (Å²) in [6, 6.07) is 3.80. The van der Waals surface area contributed by atoms with Gasteiger partial charge in [0.25, 0.3) is 0 Å². The fraction of sp³-hybridized carbons (Fsp3) is 0.273. The first kappa shape index (κ1) is 12.5. The van der Waals surface area contributed by atoms with Gasteiger partial charge in [-0.15, -0.1) is 12.3 Å². The molecule has 0 aliphatic heterocycles. The number of terminal acetylenes is 1. The molecule has 5 heteroatoms. The molecule has 0 amide bonds. The van der Waals surface area contributed by atoms with Crippen LogP contribution in [0.15, 0.2) is 24.3 Å². The van der Waals surface area contributed by atoms with E-state index in [0.717, 1.165) is 24.3 Å². The molecule has 0 fully saturated rings. The highest BCUT2D eigenvalue weighted by Gasteiger charge is 2.58. The van der Waals surface area contributed by atoms with Gasteiger partial charge in [0.1, 0.15) is 0 Å². The highest BCUT2D eigenvalue weighted by atomic mass is 19.4. The monoisotopic (exact) mass is 234 g/mol. The normalized spacial score (nSPS) is 12.2. The van der Waals surface area contributed by atoms with Crippen molar-refractivity contribution in [2.75, 3.05) is 0 Å². The first-order valence-corrected chi connectivity index (χ1v) is 4.26. The molecule has 0 saturated heterocycles. The minimum absolute atomic E-state index is 0.192. The molecule has 1 aromatic carbocycles. The summed E-state index contributed by atoms with van der Waals surface area (Å²) < 4.78 is 61.6. The third-order valence-electron chi connectivity index (χ3n) is 1.98. The van der Waals surface area contributed by atoms with Crippen LogP contribution < -0.4 is 0 Å². The van der Waals surface area contributed by atoms with E-state index in [1.54, 1.807) is 0 Å². The molecule has 16 heavy (non-hydrogen) atoms. The summed E-state index contributed by atoms with van der Waals surface area (Å²) >= 11 is 0. The molecular weight excluding hydrogens is 227 g/mol. The molecule has 1 aromatic rings. The summed E-state index contributed by atoms with van der Waals surface area (Å²) in [4.78, 5) is 0. The van der Waals surface area contributed by atoms with E-state index in [0.29, 0.717) is 5.56 Å². The van der Waals surface area contributed by atoms with Gasteiger partial charge in [-0.2, -0.15) is 22.0 Å². The van der Waals surface area contributed by atoms with E-state index in [4.69, 9.17) is 6.42 Å². The predicted molar refractivity (Wildman–Crippen MR) is 48.9 cm³/mol. The van der Waals surface area contributed by atoms with Gasteiger partial charge in [-0.25, -0.2) is 0 Å². The van der Waals surface area contributed by atoms with Crippen LogP contribution in [0.4, 0.5) is 22.0 Å². The zero-order valence-corrected chi connectivity index (χ0v) is 7.98. The topological polar surface area (TPSA) is 0 Å². The Morgan fingerprint density at radius 1 is 1.00 bits per heavy atom. The van der Waals surface area contributed by atoms with Crippen LogP contribution in [0.25, 0.3) is 0 Å². The number of benzene rings is 1. The van der Waals surface area contributed by atoms with Gasteiger partial charge in [-0.05, 0) is 5.56 Å². The van der Waals surface area contributed by atoms with E-state index >= 15 is 0 Å². The molecule has 0 atom stereocenters. The second-order valence-electron chi connectivity index (χ2n) is 3.15.